The molecule has 0 spiro atoms. The van der Waals surface area contributed by atoms with Gasteiger partial charge in [-0.3, -0.25) is 9.20 Å². The molecule has 1 aliphatic carbocycles. The Bertz CT molecular complexity index is 683. The summed E-state index contributed by atoms with van der Waals surface area (Å²) < 4.78 is 2.84. The summed E-state index contributed by atoms with van der Waals surface area (Å²) in [6.45, 7) is 1.02. The summed E-state index contributed by atoms with van der Waals surface area (Å²) in [6, 6.07) is 6.61. The Labute approximate surface area is 124 Å². The van der Waals surface area contributed by atoms with E-state index in [2.05, 4.69) is 31.5 Å². The summed E-state index contributed by atoms with van der Waals surface area (Å²) in [5, 5.41) is 6.59. The molecule has 4 rings (SSSR count). The number of nitrogens with zero attached hydrogens (tertiary/aromatic N) is 2. The predicted molar refractivity (Wildman–Crippen MR) is 78.7 cm³/mol. The van der Waals surface area contributed by atoms with Crippen LogP contribution in [0.4, 0.5) is 0 Å². The van der Waals surface area contributed by atoms with Crippen molar-refractivity contribution in [1.29, 1.82) is 0 Å². The van der Waals surface area contributed by atoms with Crippen molar-refractivity contribution in [1.82, 2.24) is 20.0 Å². The first-order chi connectivity index (χ1) is 9.70. The molecule has 0 radical (unpaired) electrons. The van der Waals surface area contributed by atoms with E-state index in [9.17, 15) is 4.79 Å². The number of hydrogen-bond acceptors (Lipinski definition) is 3. The maximum Gasteiger partial charge on any atom is 0.270 e. The lowest BCUT2D eigenvalue weighted by atomic mass is 10.0. The summed E-state index contributed by atoms with van der Waals surface area (Å²) in [5.41, 5.74) is 1.45. The van der Waals surface area contributed by atoms with Gasteiger partial charge >= 0.3 is 0 Å². The van der Waals surface area contributed by atoms with Crippen molar-refractivity contribution in [2.75, 3.05) is 6.54 Å². The molecular formula is C14H15BrN4O. The Morgan fingerprint density at radius 1 is 1.45 bits per heavy atom. The molecule has 2 N–H and O–H groups in total. The van der Waals surface area contributed by atoms with Crippen molar-refractivity contribution in [3.05, 3.63) is 34.8 Å². The number of rotatable bonds is 2. The third-order valence-electron chi connectivity index (χ3n) is 4.41. The standard InChI is InChI=1S/C14H15BrN4O/c15-13-2-1-10-5-12(17-7-19(10)13)14(20)18-11-4-9-3-8(11)6-16-9/h1-2,5,7-9,11,16H,3-4,6H2,(H,18,20). The molecule has 0 aromatic carbocycles. The van der Waals surface area contributed by atoms with Gasteiger partial charge in [-0.1, -0.05) is 0 Å². The Kier molecular flexibility index (Phi) is 2.82. The van der Waals surface area contributed by atoms with Crippen LogP contribution < -0.4 is 10.6 Å². The summed E-state index contributed by atoms with van der Waals surface area (Å²) in [7, 11) is 0. The lowest BCUT2D eigenvalue weighted by molar-refractivity contribution is 0.0920. The van der Waals surface area contributed by atoms with Gasteiger partial charge in [-0.2, -0.15) is 0 Å². The van der Waals surface area contributed by atoms with Gasteiger partial charge in [0, 0.05) is 24.1 Å². The van der Waals surface area contributed by atoms with E-state index in [1.165, 1.54) is 6.42 Å². The van der Waals surface area contributed by atoms with Crippen molar-refractivity contribution >= 4 is 27.4 Å². The van der Waals surface area contributed by atoms with Crippen molar-refractivity contribution in [3.63, 3.8) is 0 Å². The maximum absolute atomic E-state index is 12.3. The van der Waals surface area contributed by atoms with Gasteiger partial charge in [0.2, 0.25) is 0 Å². The van der Waals surface area contributed by atoms with Crippen LogP contribution in [0.25, 0.3) is 5.52 Å². The molecule has 2 aromatic rings. The molecule has 2 fully saturated rings. The van der Waals surface area contributed by atoms with Gasteiger partial charge in [0.25, 0.3) is 5.91 Å². The molecule has 1 saturated heterocycles. The topological polar surface area (TPSA) is 58.4 Å². The molecule has 20 heavy (non-hydrogen) atoms. The molecule has 1 saturated carbocycles. The maximum atomic E-state index is 12.3. The van der Waals surface area contributed by atoms with Crippen molar-refractivity contribution in [3.8, 4) is 0 Å². The third kappa shape index (κ3) is 1.94. The Hall–Kier alpha value is -1.40. The minimum absolute atomic E-state index is 0.0672. The lowest BCUT2D eigenvalue weighted by Gasteiger charge is -2.23. The van der Waals surface area contributed by atoms with Gasteiger partial charge in [0.15, 0.2) is 0 Å². The molecule has 6 heteroatoms. The van der Waals surface area contributed by atoms with E-state index >= 15 is 0 Å². The average Bonchev–Trinajstić information content (AvgIpc) is 3.14. The number of hydrogen-bond donors (Lipinski definition) is 2. The molecule has 3 unspecified atom stereocenters. The van der Waals surface area contributed by atoms with E-state index in [0.717, 1.165) is 23.1 Å². The Morgan fingerprint density at radius 2 is 2.35 bits per heavy atom. The molecule has 3 heterocycles. The van der Waals surface area contributed by atoms with Gasteiger partial charge in [-0.25, -0.2) is 4.98 Å². The van der Waals surface area contributed by atoms with Crippen molar-refractivity contribution < 1.29 is 4.79 Å². The third-order valence-corrected chi connectivity index (χ3v) is 5.06. The number of piperidine rings is 1. The van der Waals surface area contributed by atoms with Gasteiger partial charge in [-0.15, -0.1) is 0 Å². The van der Waals surface area contributed by atoms with Gasteiger partial charge < -0.3 is 10.6 Å². The van der Waals surface area contributed by atoms with Crippen LogP contribution in [0, 0.1) is 5.92 Å². The number of carbonyl (C=O) groups excluding carboxylic acids is 1. The van der Waals surface area contributed by atoms with Gasteiger partial charge in [0.05, 0.1) is 4.60 Å². The highest BCUT2D eigenvalue weighted by atomic mass is 79.9. The molecule has 2 bridgehead atoms. The summed E-state index contributed by atoms with van der Waals surface area (Å²) in [5.74, 6) is 0.512. The molecule has 2 aliphatic rings. The van der Waals surface area contributed by atoms with E-state index in [0.29, 0.717) is 23.7 Å². The van der Waals surface area contributed by atoms with E-state index in [1.54, 1.807) is 6.33 Å². The number of aromatic nitrogens is 2. The number of carbonyl (C=O) groups is 1. The SMILES string of the molecule is O=C(NC1CC2CC1CN2)c1cc2ccc(Br)n2cn1. The lowest BCUT2D eigenvalue weighted by Crippen LogP contribution is -2.44. The van der Waals surface area contributed by atoms with Crippen molar-refractivity contribution in [2.24, 2.45) is 5.92 Å². The minimum Gasteiger partial charge on any atom is -0.348 e. The van der Waals surface area contributed by atoms with Crippen LogP contribution in [0.3, 0.4) is 0 Å². The second kappa shape index (κ2) is 4.56. The molecular weight excluding hydrogens is 320 g/mol. The van der Waals surface area contributed by atoms with Crippen molar-refractivity contribution in [2.45, 2.75) is 24.9 Å². The van der Waals surface area contributed by atoms with Gasteiger partial charge in [-0.05, 0) is 52.9 Å². The van der Waals surface area contributed by atoms with Gasteiger partial charge in [0.1, 0.15) is 12.0 Å². The molecule has 1 aliphatic heterocycles. The zero-order valence-corrected chi connectivity index (χ0v) is 12.4. The highest BCUT2D eigenvalue weighted by molar-refractivity contribution is 9.10. The van der Waals surface area contributed by atoms with Crippen LogP contribution in [0.5, 0.6) is 0 Å². The fraction of sp³-hybridized carbons (Fsp3) is 0.429. The smallest absolute Gasteiger partial charge is 0.270 e. The second-order valence-electron chi connectivity index (χ2n) is 5.64. The Balaban J connectivity index is 1.54. The molecule has 3 atom stereocenters. The normalized spacial score (nSPS) is 28.1. The molecule has 1 amide bonds. The first kappa shape index (κ1) is 12.3. The summed E-state index contributed by atoms with van der Waals surface area (Å²) in [6.07, 6.45) is 3.90. The fourth-order valence-corrected chi connectivity index (χ4v) is 3.78. The minimum atomic E-state index is -0.0672. The average molecular weight is 335 g/mol. The van der Waals surface area contributed by atoms with Crippen LogP contribution >= 0.6 is 15.9 Å². The van der Waals surface area contributed by atoms with Crippen LogP contribution in [0.1, 0.15) is 23.3 Å². The van der Waals surface area contributed by atoms with E-state index in [-0.39, 0.29) is 5.91 Å². The van der Waals surface area contributed by atoms with Crippen LogP contribution in [0.15, 0.2) is 29.1 Å². The zero-order valence-electron chi connectivity index (χ0n) is 10.8. The number of halogens is 1. The number of amides is 1. The molecule has 2 aromatic heterocycles. The fourth-order valence-electron chi connectivity index (χ4n) is 3.35. The molecule has 5 nitrogen and oxygen atoms in total. The monoisotopic (exact) mass is 334 g/mol. The van der Waals surface area contributed by atoms with E-state index in [1.807, 2.05) is 22.6 Å². The highest BCUT2D eigenvalue weighted by Gasteiger charge is 2.40. The Morgan fingerprint density at radius 3 is 3.10 bits per heavy atom. The molecule has 104 valence electrons. The second-order valence-corrected chi connectivity index (χ2v) is 6.45. The van der Waals surface area contributed by atoms with Crippen LogP contribution in [0.2, 0.25) is 0 Å². The quantitative estimate of drug-likeness (QED) is 0.876. The number of nitrogens with one attached hydrogen (secondary N) is 2. The summed E-state index contributed by atoms with van der Waals surface area (Å²) >= 11 is 3.44. The first-order valence-electron chi connectivity index (χ1n) is 6.87. The number of fused-ring (bicyclic) bond motifs is 3. The van der Waals surface area contributed by atoms with Crippen LogP contribution in [-0.2, 0) is 0 Å². The predicted octanol–water partition coefficient (Wildman–Crippen LogP) is 1.58. The van der Waals surface area contributed by atoms with E-state index < -0.39 is 0 Å². The van der Waals surface area contributed by atoms with E-state index in [4.69, 9.17) is 0 Å². The first-order valence-corrected chi connectivity index (χ1v) is 7.67. The van der Waals surface area contributed by atoms with Crippen LogP contribution in [-0.4, -0.2) is 33.9 Å². The largest absolute Gasteiger partial charge is 0.348 e. The summed E-state index contributed by atoms with van der Waals surface area (Å²) in [4.78, 5) is 16.6. The zero-order chi connectivity index (χ0) is 13.7. The highest BCUT2D eigenvalue weighted by Crippen LogP contribution is 2.31.